The fourth-order valence-corrected chi connectivity index (χ4v) is 5.98. The van der Waals surface area contributed by atoms with E-state index in [-0.39, 0.29) is 17.6 Å². The fourth-order valence-electron chi connectivity index (χ4n) is 3.95. The third kappa shape index (κ3) is 5.58. The summed E-state index contributed by atoms with van der Waals surface area (Å²) in [7, 11) is 0. The molecule has 1 aliphatic rings. The smallest absolute Gasteiger partial charge is 0.258 e. The van der Waals surface area contributed by atoms with Gasteiger partial charge in [-0.05, 0) is 67.6 Å². The van der Waals surface area contributed by atoms with E-state index in [2.05, 4.69) is 25.8 Å². The second-order valence-electron chi connectivity index (χ2n) is 8.05. The Bertz CT molecular complexity index is 1350. The van der Waals surface area contributed by atoms with E-state index in [1.807, 2.05) is 42.5 Å². The predicted octanol–water partition coefficient (Wildman–Crippen LogP) is 6.05. The standard InChI is InChI=1S/C25H22ClN5O2S2/c26-16-12-10-15(11-13-16)22-29-25(31-30-22)34-14-20(32)28-24-21(18-8-4-5-9-19(18)35-24)23(33)27-17-6-2-1-3-7-17/h1-3,6-7,10-13H,4-5,8-9,14H2,(H,27,33)(H,28,32)(H,29,30,31). The van der Waals surface area contributed by atoms with Crippen molar-refractivity contribution in [1.82, 2.24) is 15.2 Å². The average Bonchev–Trinajstić information content (AvgIpc) is 3.48. The van der Waals surface area contributed by atoms with Crippen molar-refractivity contribution in [3.05, 3.63) is 75.6 Å². The van der Waals surface area contributed by atoms with Crippen LogP contribution in [0.1, 0.15) is 33.6 Å². The number of carbonyl (C=O) groups is 2. The molecule has 2 aromatic carbocycles. The van der Waals surface area contributed by atoms with Crippen LogP contribution >= 0.6 is 34.7 Å². The van der Waals surface area contributed by atoms with E-state index in [9.17, 15) is 9.59 Å². The number of hydrogen-bond donors (Lipinski definition) is 3. The van der Waals surface area contributed by atoms with E-state index in [1.54, 1.807) is 12.1 Å². The van der Waals surface area contributed by atoms with Crippen LogP contribution < -0.4 is 10.6 Å². The molecule has 3 N–H and O–H groups in total. The van der Waals surface area contributed by atoms with E-state index in [4.69, 9.17) is 11.6 Å². The summed E-state index contributed by atoms with van der Waals surface area (Å²) in [4.78, 5) is 31.6. The molecule has 0 spiro atoms. The predicted molar refractivity (Wildman–Crippen MR) is 142 cm³/mol. The van der Waals surface area contributed by atoms with Gasteiger partial charge in [0.15, 0.2) is 5.82 Å². The lowest BCUT2D eigenvalue weighted by atomic mass is 9.95. The van der Waals surface area contributed by atoms with Crippen LogP contribution in [0.5, 0.6) is 0 Å². The SMILES string of the molecule is O=C(CSc1n[nH]c(-c2ccc(Cl)cc2)n1)Nc1sc2c(c1C(=O)Nc1ccccc1)CCCC2. The number of hydrogen-bond acceptors (Lipinski definition) is 6. The quantitative estimate of drug-likeness (QED) is 0.256. The van der Waals surface area contributed by atoms with Gasteiger partial charge in [-0.25, -0.2) is 4.98 Å². The van der Waals surface area contributed by atoms with Gasteiger partial charge in [0.05, 0.1) is 11.3 Å². The first-order valence-corrected chi connectivity index (χ1v) is 13.4. The Morgan fingerprint density at radius 1 is 1.03 bits per heavy atom. The van der Waals surface area contributed by atoms with E-state index >= 15 is 0 Å². The number of carbonyl (C=O) groups excluding carboxylic acids is 2. The van der Waals surface area contributed by atoms with Crippen molar-refractivity contribution < 1.29 is 9.59 Å². The molecule has 2 aromatic heterocycles. The van der Waals surface area contributed by atoms with Crippen molar-refractivity contribution in [3.8, 4) is 11.4 Å². The second-order valence-corrected chi connectivity index (χ2v) is 10.5. The zero-order valence-corrected chi connectivity index (χ0v) is 21.0. The molecule has 0 radical (unpaired) electrons. The number of benzene rings is 2. The van der Waals surface area contributed by atoms with Crippen LogP contribution in [0.2, 0.25) is 5.02 Å². The summed E-state index contributed by atoms with van der Waals surface area (Å²) in [6, 6.07) is 16.6. The molecule has 0 saturated heterocycles. The molecular formula is C25H22ClN5O2S2. The molecule has 0 saturated carbocycles. The van der Waals surface area contributed by atoms with Gasteiger partial charge in [-0.15, -0.1) is 16.4 Å². The number of nitrogens with one attached hydrogen (secondary N) is 3. The van der Waals surface area contributed by atoms with Gasteiger partial charge >= 0.3 is 0 Å². The summed E-state index contributed by atoms with van der Waals surface area (Å²) in [6.07, 6.45) is 3.91. The molecule has 178 valence electrons. The zero-order chi connectivity index (χ0) is 24.2. The Labute approximate surface area is 215 Å². The minimum Gasteiger partial charge on any atom is -0.322 e. The van der Waals surface area contributed by atoms with Gasteiger partial charge in [-0.1, -0.05) is 41.6 Å². The lowest BCUT2D eigenvalue weighted by Gasteiger charge is -2.13. The minimum absolute atomic E-state index is 0.125. The maximum atomic E-state index is 13.2. The number of para-hydroxylation sites is 1. The van der Waals surface area contributed by atoms with Crippen molar-refractivity contribution in [2.24, 2.45) is 0 Å². The van der Waals surface area contributed by atoms with Crippen molar-refractivity contribution in [2.75, 3.05) is 16.4 Å². The highest BCUT2D eigenvalue weighted by atomic mass is 35.5. The van der Waals surface area contributed by atoms with Crippen LogP contribution in [0.3, 0.4) is 0 Å². The Hall–Kier alpha value is -3.14. The topological polar surface area (TPSA) is 99.8 Å². The second kappa shape index (κ2) is 10.6. The largest absolute Gasteiger partial charge is 0.322 e. The number of rotatable bonds is 7. The number of aryl methyl sites for hydroxylation is 1. The number of H-pyrrole nitrogens is 1. The van der Waals surface area contributed by atoms with Gasteiger partial charge in [0, 0.05) is 21.2 Å². The molecule has 2 heterocycles. The molecule has 1 aliphatic carbocycles. The normalized spacial score (nSPS) is 12.7. The number of amides is 2. The van der Waals surface area contributed by atoms with Crippen molar-refractivity contribution in [2.45, 2.75) is 30.8 Å². The summed E-state index contributed by atoms with van der Waals surface area (Å²) < 4.78 is 0. The molecule has 4 aromatic rings. The van der Waals surface area contributed by atoms with Crippen LogP contribution in [0.4, 0.5) is 10.7 Å². The maximum absolute atomic E-state index is 13.2. The Morgan fingerprint density at radius 3 is 2.60 bits per heavy atom. The molecule has 5 rings (SSSR count). The number of aromatic amines is 1. The Morgan fingerprint density at radius 2 is 1.80 bits per heavy atom. The Balaban J connectivity index is 1.27. The molecular weight excluding hydrogens is 502 g/mol. The highest BCUT2D eigenvalue weighted by Gasteiger charge is 2.26. The highest BCUT2D eigenvalue weighted by molar-refractivity contribution is 7.99. The molecule has 2 amide bonds. The third-order valence-corrected chi connectivity index (χ3v) is 7.90. The highest BCUT2D eigenvalue weighted by Crippen LogP contribution is 2.38. The van der Waals surface area contributed by atoms with Gasteiger partial charge in [0.1, 0.15) is 5.00 Å². The number of halogens is 1. The van der Waals surface area contributed by atoms with Crippen LogP contribution in [0.25, 0.3) is 11.4 Å². The van der Waals surface area contributed by atoms with Crippen LogP contribution in [-0.4, -0.2) is 32.7 Å². The Kier molecular flexibility index (Phi) is 7.17. The lowest BCUT2D eigenvalue weighted by Crippen LogP contribution is -2.19. The molecule has 0 unspecified atom stereocenters. The summed E-state index contributed by atoms with van der Waals surface area (Å²) in [6.45, 7) is 0. The van der Waals surface area contributed by atoms with Gasteiger partial charge in [-0.3, -0.25) is 14.7 Å². The van der Waals surface area contributed by atoms with Crippen LogP contribution in [0.15, 0.2) is 59.8 Å². The lowest BCUT2D eigenvalue weighted by molar-refractivity contribution is -0.113. The third-order valence-electron chi connectivity index (χ3n) is 5.60. The monoisotopic (exact) mass is 523 g/mol. The van der Waals surface area contributed by atoms with Crippen LogP contribution in [0, 0.1) is 0 Å². The van der Waals surface area contributed by atoms with Gasteiger partial charge < -0.3 is 10.6 Å². The molecule has 0 atom stereocenters. The first-order valence-electron chi connectivity index (χ1n) is 11.2. The van der Waals surface area contributed by atoms with E-state index < -0.39 is 0 Å². The number of nitrogens with zero attached hydrogens (tertiary/aromatic N) is 2. The number of thiophene rings is 1. The number of anilines is 2. The zero-order valence-electron chi connectivity index (χ0n) is 18.6. The number of thioether (sulfide) groups is 1. The van der Waals surface area contributed by atoms with Gasteiger partial charge in [-0.2, -0.15) is 0 Å². The first kappa shape index (κ1) is 23.6. The molecule has 7 nitrogen and oxygen atoms in total. The van der Waals surface area contributed by atoms with Crippen molar-refractivity contribution in [1.29, 1.82) is 0 Å². The van der Waals surface area contributed by atoms with E-state index in [1.165, 1.54) is 28.0 Å². The molecule has 10 heteroatoms. The number of fused-ring (bicyclic) bond motifs is 1. The van der Waals surface area contributed by atoms with E-state index in [0.717, 1.165) is 42.5 Å². The molecule has 35 heavy (non-hydrogen) atoms. The summed E-state index contributed by atoms with van der Waals surface area (Å²) in [5, 5.41) is 14.7. The maximum Gasteiger partial charge on any atom is 0.258 e. The first-order chi connectivity index (χ1) is 17.1. The number of aromatic nitrogens is 3. The average molecular weight is 524 g/mol. The van der Waals surface area contributed by atoms with Crippen molar-refractivity contribution in [3.63, 3.8) is 0 Å². The molecule has 0 bridgehead atoms. The molecule has 0 aliphatic heterocycles. The summed E-state index contributed by atoms with van der Waals surface area (Å²) in [5.74, 6) is 0.330. The van der Waals surface area contributed by atoms with Crippen LogP contribution in [-0.2, 0) is 17.6 Å². The van der Waals surface area contributed by atoms with Gasteiger partial charge in [0.25, 0.3) is 5.91 Å². The fraction of sp³-hybridized carbons (Fsp3) is 0.200. The van der Waals surface area contributed by atoms with Crippen molar-refractivity contribution >= 4 is 57.2 Å². The summed E-state index contributed by atoms with van der Waals surface area (Å²) >= 11 is 8.67. The van der Waals surface area contributed by atoms with E-state index in [0.29, 0.717) is 26.6 Å². The minimum atomic E-state index is -0.208. The van der Waals surface area contributed by atoms with Gasteiger partial charge in [0.2, 0.25) is 11.1 Å². The summed E-state index contributed by atoms with van der Waals surface area (Å²) in [5.41, 5.74) is 3.22. The molecule has 0 fully saturated rings.